The van der Waals surface area contributed by atoms with Gasteiger partial charge in [-0.05, 0) is 36.4 Å². The minimum absolute atomic E-state index is 0.123. The molecule has 0 aliphatic carbocycles. The standard InChI is InChI=1S/C16H19N3OS/c1-18(16(20)14-7-5-11-21-14)13-6-4-10-19(12-13)15-8-2-3-9-17-15/h2-3,5,7-9,11,13H,4,6,10,12H2,1H3/t13-/m0/s1. The van der Waals surface area contributed by atoms with Crippen LogP contribution in [0.4, 0.5) is 5.82 Å². The van der Waals surface area contributed by atoms with Gasteiger partial charge in [0.1, 0.15) is 5.82 Å². The van der Waals surface area contributed by atoms with Crippen molar-refractivity contribution >= 4 is 23.1 Å². The van der Waals surface area contributed by atoms with E-state index in [2.05, 4.69) is 9.88 Å². The molecule has 3 rings (SSSR count). The maximum atomic E-state index is 12.5. The maximum absolute atomic E-state index is 12.5. The number of anilines is 1. The molecule has 1 atom stereocenters. The molecule has 0 N–H and O–H groups in total. The van der Waals surface area contributed by atoms with Crippen LogP contribution in [0.2, 0.25) is 0 Å². The van der Waals surface area contributed by atoms with Crippen LogP contribution in [0.15, 0.2) is 41.9 Å². The van der Waals surface area contributed by atoms with Gasteiger partial charge in [-0.3, -0.25) is 4.79 Å². The first-order chi connectivity index (χ1) is 10.3. The number of hydrogen-bond donors (Lipinski definition) is 0. The van der Waals surface area contributed by atoms with Crippen LogP contribution in [-0.4, -0.2) is 42.0 Å². The third-order valence-corrected chi connectivity index (χ3v) is 4.83. The molecule has 0 saturated carbocycles. The zero-order chi connectivity index (χ0) is 14.7. The molecule has 4 nitrogen and oxygen atoms in total. The number of nitrogens with zero attached hydrogens (tertiary/aromatic N) is 3. The van der Waals surface area contributed by atoms with E-state index in [0.717, 1.165) is 36.6 Å². The first-order valence-electron chi connectivity index (χ1n) is 7.22. The number of pyridine rings is 1. The van der Waals surface area contributed by atoms with Crippen molar-refractivity contribution in [2.45, 2.75) is 18.9 Å². The Balaban J connectivity index is 1.70. The van der Waals surface area contributed by atoms with Crippen molar-refractivity contribution < 1.29 is 4.79 Å². The second kappa shape index (κ2) is 6.26. The summed E-state index contributed by atoms with van der Waals surface area (Å²) < 4.78 is 0. The van der Waals surface area contributed by atoms with E-state index in [1.54, 1.807) is 0 Å². The Bertz CT molecular complexity index is 585. The fourth-order valence-corrected chi connectivity index (χ4v) is 3.47. The van der Waals surface area contributed by atoms with Crippen molar-refractivity contribution in [2.24, 2.45) is 0 Å². The Hall–Kier alpha value is -1.88. The lowest BCUT2D eigenvalue weighted by molar-refractivity contribution is 0.0722. The first kappa shape index (κ1) is 14.1. The van der Waals surface area contributed by atoms with E-state index in [1.165, 1.54) is 11.3 Å². The molecular formula is C16H19N3OS. The predicted octanol–water partition coefficient (Wildman–Crippen LogP) is 2.88. The first-order valence-corrected chi connectivity index (χ1v) is 8.10. The van der Waals surface area contributed by atoms with E-state index >= 15 is 0 Å². The average molecular weight is 301 g/mol. The van der Waals surface area contributed by atoms with Gasteiger partial charge in [-0.2, -0.15) is 0 Å². The SMILES string of the molecule is CN(C(=O)c1cccs1)[C@H]1CCCN(c2ccccn2)C1. The largest absolute Gasteiger partial charge is 0.355 e. The minimum Gasteiger partial charge on any atom is -0.355 e. The van der Waals surface area contributed by atoms with Crippen molar-refractivity contribution in [1.82, 2.24) is 9.88 Å². The van der Waals surface area contributed by atoms with Crippen molar-refractivity contribution in [1.29, 1.82) is 0 Å². The summed E-state index contributed by atoms with van der Waals surface area (Å²) in [5.74, 6) is 1.12. The van der Waals surface area contributed by atoms with Crippen LogP contribution in [0.1, 0.15) is 22.5 Å². The van der Waals surface area contributed by atoms with Gasteiger partial charge in [-0.25, -0.2) is 4.98 Å². The van der Waals surface area contributed by atoms with Gasteiger partial charge in [0.25, 0.3) is 5.91 Å². The highest BCUT2D eigenvalue weighted by atomic mass is 32.1. The van der Waals surface area contributed by atoms with Crippen molar-refractivity contribution in [3.05, 3.63) is 46.8 Å². The van der Waals surface area contributed by atoms with Crippen LogP contribution < -0.4 is 4.90 Å². The number of amides is 1. The molecular weight excluding hydrogens is 282 g/mol. The highest BCUT2D eigenvalue weighted by Gasteiger charge is 2.27. The van der Waals surface area contributed by atoms with Crippen molar-refractivity contribution in [3.8, 4) is 0 Å². The fraction of sp³-hybridized carbons (Fsp3) is 0.375. The third kappa shape index (κ3) is 3.08. The zero-order valence-corrected chi connectivity index (χ0v) is 12.9. The highest BCUT2D eigenvalue weighted by Crippen LogP contribution is 2.22. The summed E-state index contributed by atoms with van der Waals surface area (Å²) in [4.78, 5) is 21.8. The summed E-state index contributed by atoms with van der Waals surface area (Å²) in [5.41, 5.74) is 0. The Labute approximate surface area is 129 Å². The Morgan fingerprint density at radius 2 is 2.29 bits per heavy atom. The number of hydrogen-bond acceptors (Lipinski definition) is 4. The zero-order valence-electron chi connectivity index (χ0n) is 12.1. The molecule has 0 spiro atoms. The number of piperidine rings is 1. The molecule has 0 bridgehead atoms. The van der Waals surface area contributed by atoms with Gasteiger partial charge < -0.3 is 9.80 Å². The van der Waals surface area contributed by atoms with Crippen LogP contribution in [0.25, 0.3) is 0 Å². The summed E-state index contributed by atoms with van der Waals surface area (Å²) in [7, 11) is 1.91. The average Bonchev–Trinajstić information content (AvgIpc) is 3.09. The molecule has 3 heterocycles. The van der Waals surface area contributed by atoms with Gasteiger partial charge in [-0.1, -0.05) is 12.1 Å². The molecule has 0 aromatic carbocycles. The smallest absolute Gasteiger partial charge is 0.263 e. The molecule has 0 unspecified atom stereocenters. The lowest BCUT2D eigenvalue weighted by Crippen LogP contribution is -2.48. The number of aromatic nitrogens is 1. The van der Waals surface area contributed by atoms with Gasteiger partial charge >= 0.3 is 0 Å². The van der Waals surface area contributed by atoms with Crippen LogP contribution in [0.5, 0.6) is 0 Å². The van der Waals surface area contributed by atoms with Gasteiger partial charge in [0.15, 0.2) is 0 Å². The highest BCUT2D eigenvalue weighted by molar-refractivity contribution is 7.12. The topological polar surface area (TPSA) is 36.4 Å². The molecule has 2 aromatic heterocycles. The fourth-order valence-electron chi connectivity index (χ4n) is 2.76. The number of likely N-dealkylation sites (N-methyl/N-ethyl adjacent to an activating group) is 1. The van der Waals surface area contributed by atoms with Crippen LogP contribution in [0, 0.1) is 0 Å². The third-order valence-electron chi connectivity index (χ3n) is 3.97. The number of carbonyl (C=O) groups is 1. The molecule has 1 aliphatic heterocycles. The molecule has 21 heavy (non-hydrogen) atoms. The number of rotatable bonds is 3. The molecule has 1 fully saturated rings. The monoisotopic (exact) mass is 301 g/mol. The quantitative estimate of drug-likeness (QED) is 0.874. The molecule has 110 valence electrons. The van der Waals surface area contributed by atoms with Gasteiger partial charge in [-0.15, -0.1) is 11.3 Å². The molecule has 5 heteroatoms. The number of thiophene rings is 1. The normalized spacial score (nSPS) is 18.5. The molecule has 1 amide bonds. The Morgan fingerprint density at radius 3 is 3.00 bits per heavy atom. The molecule has 1 aliphatic rings. The van der Waals surface area contributed by atoms with Crippen LogP contribution in [0.3, 0.4) is 0 Å². The summed E-state index contributed by atoms with van der Waals surface area (Å²) in [5, 5.41) is 1.95. The minimum atomic E-state index is 0.123. The molecule has 1 saturated heterocycles. The summed E-state index contributed by atoms with van der Waals surface area (Å²) in [6.45, 7) is 1.86. The second-order valence-electron chi connectivity index (χ2n) is 5.32. The predicted molar refractivity (Wildman–Crippen MR) is 85.9 cm³/mol. The Morgan fingerprint density at radius 1 is 1.38 bits per heavy atom. The van der Waals surface area contributed by atoms with E-state index in [4.69, 9.17) is 0 Å². The molecule has 0 radical (unpaired) electrons. The maximum Gasteiger partial charge on any atom is 0.263 e. The van der Waals surface area contributed by atoms with E-state index in [1.807, 2.05) is 53.9 Å². The van der Waals surface area contributed by atoms with E-state index < -0.39 is 0 Å². The van der Waals surface area contributed by atoms with Crippen LogP contribution in [-0.2, 0) is 0 Å². The van der Waals surface area contributed by atoms with Crippen LogP contribution >= 0.6 is 11.3 Å². The summed E-state index contributed by atoms with van der Waals surface area (Å²) in [6.07, 6.45) is 3.96. The lowest BCUT2D eigenvalue weighted by atomic mass is 10.0. The van der Waals surface area contributed by atoms with E-state index in [0.29, 0.717) is 0 Å². The van der Waals surface area contributed by atoms with Crippen molar-refractivity contribution in [2.75, 3.05) is 25.0 Å². The Kier molecular flexibility index (Phi) is 4.20. The van der Waals surface area contributed by atoms with Gasteiger partial charge in [0, 0.05) is 32.4 Å². The second-order valence-corrected chi connectivity index (χ2v) is 6.27. The summed E-state index contributed by atoms with van der Waals surface area (Å²) >= 11 is 1.50. The number of carbonyl (C=O) groups excluding carboxylic acids is 1. The van der Waals surface area contributed by atoms with E-state index in [9.17, 15) is 4.79 Å². The van der Waals surface area contributed by atoms with Gasteiger partial charge in [0.2, 0.25) is 0 Å². The lowest BCUT2D eigenvalue weighted by Gasteiger charge is -2.38. The van der Waals surface area contributed by atoms with Crippen molar-refractivity contribution in [3.63, 3.8) is 0 Å². The molecule has 2 aromatic rings. The van der Waals surface area contributed by atoms with Gasteiger partial charge in [0.05, 0.1) is 4.88 Å². The summed E-state index contributed by atoms with van der Waals surface area (Å²) in [6, 6.07) is 10.0. The van der Waals surface area contributed by atoms with E-state index in [-0.39, 0.29) is 11.9 Å².